The molecular formula is C29H29FN6O. The van der Waals surface area contributed by atoms with Crippen LogP contribution in [0, 0.1) is 5.82 Å². The Balaban J connectivity index is 1.66. The third-order valence-electron chi connectivity index (χ3n) is 6.34. The summed E-state index contributed by atoms with van der Waals surface area (Å²) in [6.07, 6.45) is 2.41. The molecule has 7 nitrogen and oxygen atoms in total. The first kappa shape index (κ1) is 24.2. The van der Waals surface area contributed by atoms with Gasteiger partial charge in [-0.1, -0.05) is 43.3 Å². The van der Waals surface area contributed by atoms with E-state index in [1.165, 1.54) is 0 Å². The average molecular weight is 497 g/mol. The zero-order chi connectivity index (χ0) is 25.9. The second-order valence-corrected chi connectivity index (χ2v) is 8.78. The number of hydrogen-bond acceptors (Lipinski definition) is 6. The van der Waals surface area contributed by atoms with Crippen LogP contribution in [0.25, 0.3) is 22.2 Å². The molecule has 0 aliphatic rings. The van der Waals surface area contributed by atoms with E-state index in [2.05, 4.69) is 15.4 Å². The summed E-state index contributed by atoms with van der Waals surface area (Å²) in [6, 6.07) is 20.4. The lowest BCUT2D eigenvalue weighted by Gasteiger charge is -2.22. The van der Waals surface area contributed by atoms with Crippen LogP contribution >= 0.6 is 0 Å². The van der Waals surface area contributed by atoms with Gasteiger partial charge in [-0.2, -0.15) is 5.10 Å². The summed E-state index contributed by atoms with van der Waals surface area (Å²) in [5.41, 5.74) is 9.12. The second kappa shape index (κ2) is 10.3. The number of benzene rings is 3. The van der Waals surface area contributed by atoms with Crippen molar-refractivity contribution in [1.29, 1.82) is 0 Å². The minimum atomic E-state index is -0.641. The van der Waals surface area contributed by atoms with Gasteiger partial charge in [0.1, 0.15) is 11.9 Å². The number of ether oxygens (including phenoxy) is 1. The molecule has 5 aromatic rings. The van der Waals surface area contributed by atoms with Crippen molar-refractivity contribution in [1.82, 2.24) is 19.7 Å². The molecule has 0 amide bonds. The molecule has 3 N–H and O–H groups in total. The van der Waals surface area contributed by atoms with E-state index in [0.29, 0.717) is 29.6 Å². The van der Waals surface area contributed by atoms with Gasteiger partial charge in [0.05, 0.1) is 6.61 Å². The summed E-state index contributed by atoms with van der Waals surface area (Å²) in [5, 5.41) is 9.94. The Labute approximate surface area is 215 Å². The molecule has 1 atom stereocenters. The topological polar surface area (TPSA) is 90.9 Å². The van der Waals surface area contributed by atoms with Gasteiger partial charge >= 0.3 is 0 Å². The summed E-state index contributed by atoms with van der Waals surface area (Å²) >= 11 is 0. The van der Waals surface area contributed by atoms with E-state index in [0.717, 1.165) is 34.0 Å². The maximum atomic E-state index is 15.9. The molecule has 0 bridgehead atoms. The van der Waals surface area contributed by atoms with Gasteiger partial charge in [0.15, 0.2) is 23.2 Å². The second-order valence-electron chi connectivity index (χ2n) is 8.78. The molecule has 0 radical (unpaired) electrons. The Hall–Kier alpha value is -4.46. The van der Waals surface area contributed by atoms with Gasteiger partial charge < -0.3 is 15.8 Å². The minimum Gasteiger partial charge on any atom is -0.491 e. The van der Waals surface area contributed by atoms with Crippen molar-refractivity contribution < 1.29 is 9.13 Å². The summed E-state index contributed by atoms with van der Waals surface area (Å²) in [6.45, 7) is 4.24. The zero-order valence-electron chi connectivity index (χ0n) is 21.1. The number of aryl methyl sites for hydroxylation is 2. The predicted octanol–water partition coefficient (Wildman–Crippen LogP) is 5.91. The molecule has 2 aromatic heterocycles. The number of fused-ring (bicyclic) bond motifs is 1. The lowest BCUT2D eigenvalue weighted by atomic mass is 9.99. The van der Waals surface area contributed by atoms with Gasteiger partial charge in [0.2, 0.25) is 0 Å². The number of hydrogen-bond donors (Lipinski definition) is 2. The molecule has 0 saturated carbocycles. The van der Waals surface area contributed by atoms with E-state index < -0.39 is 11.9 Å². The normalized spacial score (nSPS) is 12.0. The van der Waals surface area contributed by atoms with Gasteiger partial charge in [-0.15, -0.1) is 0 Å². The van der Waals surface area contributed by atoms with E-state index in [1.54, 1.807) is 16.9 Å². The van der Waals surface area contributed by atoms with Crippen molar-refractivity contribution in [3.8, 4) is 17.1 Å². The highest BCUT2D eigenvalue weighted by Crippen LogP contribution is 2.35. The molecular weight excluding hydrogens is 467 g/mol. The molecule has 5 rings (SSSR count). The molecule has 188 valence electrons. The third kappa shape index (κ3) is 4.82. The monoisotopic (exact) mass is 496 g/mol. The molecule has 3 aromatic carbocycles. The number of nitrogen functional groups attached to an aromatic ring is 1. The van der Waals surface area contributed by atoms with Gasteiger partial charge in [0.25, 0.3) is 0 Å². The number of nitrogens with zero attached hydrogens (tertiary/aromatic N) is 4. The fourth-order valence-electron chi connectivity index (χ4n) is 4.45. The number of halogens is 1. The molecule has 0 spiro atoms. The summed E-state index contributed by atoms with van der Waals surface area (Å²) < 4.78 is 23.3. The highest BCUT2D eigenvalue weighted by Gasteiger charge is 2.27. The maximum Gasteiger partial charge on any atom is 0.181 e. The highest BCUT2D eigenvalue weighted by molar-refractivity contribution is 5.92. The van der Waals surface area contributed by atoms with E-state index in [4.69, 9.17) is 15.5 Å². The number of pyridine rings is 1. The Kier molecular flexibility index (Phi) is 6.72. The fourth-order valence-corrected chi connectivity index (χ4v) is 4.45. The molecule has 2 heterocycles. The lowest BCUT2D eigenvalue weighted by molar-refractivity contribution is 0.319. The van der Waals surface area contributed by atoms with Crippen LogP contribution in [0.4, 0.5) is 15.9 Å². The van der Waals surface area contributed by atoms with Crippen molar-refractivity contribution in [2.24, 2.45) is 7.05 Å². The molecule has 8 heteroatoms. The summed E-state index contributed by atoms with van der Waals surface area (Å²) in [5.74, 6) is 1.41. The largest absolute Gasteiger partial charge is 0.491 e. The Morgan fingerprint density at radius 3 is 2.62 bits per heavy atom. The van der Waals surface area contributed by atoms with Gasteiger partial charge in [-0.25, -0.2) is 14.4 Å². The van der Waals surface area contributed by atoms with Crippen LogP contribution in [0.15, 0.2) is 72.9 Å². The van der Waals surface area contributed by atoms with E-state index in [1.807, 2.05) is 81.6 Å². The Bertz CT molecular complexity index is 1550. The minimum absolute atomic E-state index is 0.228. The quantitative estimate of drug-likeness (QED) is 0.277. The van der Waals surface area contributed by atoms with Crippen molar-refractivity contribution in [2.45, 2.75) is 26.3 Å². The summed E-state index contributed by atoms with van der Waals surface area (Å²) in [7, 11) is 1.82. The van der Waals surface area contributed by atoms with E-state index in [9.17, 15) is 0 Å². The van der Waals surface area contributed by atoms with Crippen LogP contribution in [0.3, 0.4) is 0 Å². The fraction of sp³-hybridized carbons (Fsp3) is 0.207. The number of anilines is 2. The van der Waals surface area contributed by atoms with Crippen LogP contribution < -0.4 is 15.8 Å². The zero-order valence-corrected chi connectivity index (χ0v) is 21.1. The molecule has 0 aliphatic heterocycles. The van der Waals surface area contributed by atoms with Gasteiger partial charge in [-0.05, 0) is 54.6 Å². The van der Waals surface area contributed by atoms with Crippen LogP contribution in [0.2, 0.25) is 0 Å². The van der Waals surface area contributed by atoms with Crippen LogP contribution in [0.5, 0.6) is 5.75 Å². The molecule has 37 heavy (non-hydrogen) atoms. The molecule has 0 aliphatic carbocycles. The van der Waals surface area contributed by atoms with Crippen LogP contribution in [0.1, 0.15) is 36.8 Å². The molecule has 0 saturated heterocycles. The first-order valence-electron chi connectivity index (χ1n) is 12.3. The van der Waals surface area contributed by atoms with Gasteiger partial charge in [0, 0.05) is 35.4 Å². The standard InChI is InChI=1S/C29H29FN6O/c1-4-18-15-23(25(30)24(16-18)37-5-2)26(29-34-28(35-36(29)3)19-9-7-6-8-10-19)33-21-11-12-22-20(17-21)13-14-32-27(22)31/h6-17,26,33H,4-5H2,1-3H3,(H2,31,32). The van der Waals surface area contributed by atoms with Crippen molar-refractivity contribution >= 4 is 22.3 Å². The van der Waals surface area contributed by atoms with E-state index >= 15 is 4.39 Å². The Morgan fingerprint density at radius 2 is 1.86 bits per heavy atom. The van der Waals surface area contributed by atoms with Gasteiger partial charge in [-0.3, -0.25) is 4.68 Å². The maximum absolute atomic E-state index is 15.9. The molecule has 1 unspecified atom stereocenters. The first-order chi connectivity index (χ1) is 18.0. The third-order valence-corrected chi connectivity index (χ3v) is 6.34. The molecule has 0 fully saturated rings. The number of nitrogens with one attached hydrogen (secondary N) is 1. The summed E-state index contributed by atoms with van der Waals surface area (Å²) in [4.78, 5) is 9.02. The van der Waals surface area contributed by atoms with Crippen molar-refractivity contribution in [2.75, 3.05) is 17.7 Å². The average Bonchev–Trinajstić information content (AvgIpc) is 3.30. The van der Waals surface area contributed by atoms with Crippen molar-refractivity contribution in [3.05, 3.63) is 95.7 Å². The number of nitrogens with two attached hydrogens (primary N) is 1. The first-order valence-corrected chi connectivity index (χ1v) is 12.3. The van der Waals surface area contributed by atoms with Crippen LogP contribution in [-0.2, 0) is 13.5 Å². The van der Waals surface area contributed by atoms with Crippen molar-refractivity contribution in [3.63, 3.8) is 0 Å². The van der Waals surface area contributed by atoms with E-state index in [-0.39, 0.29) is 5.75 Å². The lowest BCUT2D eigenvalue weighted by Crippen LogP contribution is -2.19. The smallest absolute Gasteiger partial charge is 0.181 e. The van der Waals surface area contributed by atoms with Crippen LogP contribution in [-0.4, -0.2) is 26.4 Å². The SMILES string of the molecule is CCOc1cc(CC)cc(C(Nc2ccc3c(N)nccc3c2)c2nc(-c3ccccc3)nn2C)c1F. The Morgan fingerprint density at radius 1 is 1.05 bits per heavy atom. The predicted molar refractivity (Wildman–Crippen MR) is 145 cm³/mol. The number of rotatable bonds is 8. The highest BCUT2D eigenvalue weighted by atomic mass is 19.1. The number of aromatic nitrogens is 4.